The largest absolute Gasteiger partial charge is 0.475 e. The van der Waals surface area contributed by atoms with Crippen molar-refractivity contribution in [1.29, 1.82) is 0 Å². The first-order valence-electron chi connectivity index (χ1n) is 7.65. The fraction of sp³-hybridized carbons (Fsp3) is 0.600. The molecule has 0 radical (unpaired) electrons. The summed E-state index contributed by atoms with van der Waals surface area (Å²) in [5.74, 6) is 0.156. The van der Waals surface area contributed by atoms with Crippen molar-refractivity contribution in [2.24, 2.45) is 4.99 Å². The topological polar surface area (TPSA) is 67.8 Å². The van der Waals surface area contributed by atoms with E-state index in [0.29, 0.717) is 32.2 Å². The molecule has 0 aliphatic rings. The molecule has 0 unspecified atom stereocenters. The van der Waals surface area contributed by atoms with Crippen molar-refractivity contribution in [1.82, 2.24) is 15.6 Å². The van der Waals surface area contributed by atoms with Gasteiger partial charge in [0.05, 0.1) is 6.54 Å². The number of nitrogens with zero attached hydrogens (tertiary/aromatic N) is 2. The predicted octanol–water partition coefficient (Wildman–Crippen LogP) is 2.69. The molecule has 0 atom stereocenters. The third-order valence-electron chi connectivity index (χ3n) is 2.83. The van der Waals surface area contributed by atoms with Crippen LogP contribution in [0.15, 0.2) is 23.3 Å². The van der Waals surface area contributed by atoms with E-state index in [9.17, 15) is 13.2 Å². The highest BCUT2D eigenvalue weighted by Crippen LogP contribution is 2.34. The van der Waals surface area contributed by atoms with Crippen LogP contribution in [0.2, 0.25) is 0 Å². The minimum atomic E-state index is -4.49. The van der Waals surface area contributed by atoms with Crippen molar-refractivity contribution in [2.75, 3.05) is 40.0 Å². The molecule has 10 heteroatoms. The standard InChI is InChI=1S/C15H23F3N4O2.HI/c1-3-19-14(21-8-5-10-23-2)22-9-11-24-13-12(15(16,17)18)6-4-7-20-13;/h4,6-7H,3,5,8-11H2,1-2H3,(H2,19,21,22);1H. The number of rotatable bonds is 9. The predicted molar refractivity (Wildman–Crippen MR) is 101 cm³/mol. The van der Waals surface area contributed by atoms with Crippen LogP contribution >= 0.6 is 24.0 Å². The van der Waals surface area contributed by atoms with Gasteiger partial charge < -0.3 is 20.1 Å². The average Bonchev–Trinajstić information content (AvgIpc) is 2.55. The van der Waals surface area contributed by atoms with Crippen LogP contribution in [0, 0.1) is 0 Å². The van der Waals surface area contributed by atoms with Crippen LogP contribution in [-0.2, 0) is 10.9 Å². The molecule has 1 heterocycles. The molecule has 0 amide bonds. The Kier molecular flexibility index (Phi) is 12.3. The van der Waals surface area contributed by atoms with Gasteiger partial charge in [0.2, 0.25) is 5.88 Å². The monoisotopic (exact) mass is 476 g/mol. The number of methoxy groups -OCH3 is 1. The molecular weight excluding hydrogens is 452 g/mol. The molecule has 1 rings (SSSR count). The Hall–Kier alpha value is -1.30. The maximum absolute atomic E-state index is 12.8. The second kappa shape index (κ2) is 13.0. The van der Waals surface area contributed by atoms with E-state index in [-0.39, 0.29) is 30.6 Å². The lowest BCUT2D eigenvalue weighted by Gasteiger charge is -2.14. The molecule has 0 fully saturated rings. The molecule has 0 aliphatic carbocycles. The number of hydrogen-bond donors (Lipinski definition) is 2. The Balaban J connectivity index is 0.00000576. The normalized spacial score (nSPS) is 11.6. The van der Waals surface area contributed by atoms with Gasteiger partial charge in [-0.15, -0.1) is 24.0 Å². The Labute approximate surface area is 162 Å². The van der Waals surface area contributed by atoms with E-state index in [1.54, 1.807) is 7.11 Å². The molecule has 1 aromatic heterocycles. The Morgan fingerprint density at radius 2 is 2.04 bits per heavy atom. The van der Waals surface area contributed by atoms with Gasteiger partial charge in [-0.1, -0.05) is 0 Å². The van der Waals surface area contributed by atoms with Crippen molar-refractivity contribution in [2.45, 2.75) is 19.5 Å². The number of ether oxygens (including phenoxy) is 2. The molecule has 0 saturated heterocycles. The molecule has 2 N–H and O–H groups in total. The lowest BCUT2D eigenvalue weighted by Crippen LogP contribution is -2.39. The Morgan fingerprint density at radius 3 is 2.68 bits per heavy atom. The number of halogens is 4. The van der Waals surface area contributed by atoms with E-state index < -0.39 is 17.6 Å². The molecule has 1 aromatic rings. The highest BCUT2D eigenvalue weighted by atomic mass is 127. The van der Waals surface area contributed by atoms with Crippen molar-refractivity contribution >= 4 is 29.9 Å². The third-order valence-corrected chi connectivity index (χ3v) is 2.83. The SMILES string of the molecule is CCNC(=NCCCOC)NCCOc1ncccc1C(F)(F)F.I. The molecule has 0 spiro atoms. The summed E-state index contributed by atoms with van der Waals surface area (Å²) >= 11 is 0. The van der Waals surface area contributed by atoms with Gasteiger partial charge in [0.25, 0.3) is 0 Å². The van der Waals surface area contributed by atoms with Crippen LogP contribution < -0.4 is 15.4 Å². The molecule has 25 heavy (non-hydrogen) atoms. The van der Waals surface area contributed by atoms with Gasteiger partial charge in [0, 0.05) is 33.0 Å². The summed E-state index contributed by atoms with van der Waals surface area (Å²) in [5, 5.41) is 6.03. The maximum atomic E-state index is 12.8. The number of hydrogen-bond acceptors (Lipinski definition) is 4. The van der Waals surface area contributed by atoms with Gasteiger partial charge in [0.15, 0.2) is 5.96 Å². The number of pyridine rings is 1. The highest BCUT2D eigenvalue weighted by molar-refractivity contribution is 14.0. The van der Waals surface area contributed by atoms with Gasteiger partial charge in [-0.05, 0) is 25.5 Å². The number of aromatic nitrogens is 1. The van der Waals surface area contributed by atoms with Crippen LogP contribution in [0.1, 0.15) is 18.9 Å². The first-order chi connectivity index (χ1) is 11.5. The molecule has 6 nitrogen and oxygen atoms in total. The number of nitrogens with one attached hydrogen (secondary N) is 2. The van der Waals surface area contributed by atoms with E-state index in [4.69, 9.17) is 9.47 Å². The van der Waals surface area contributed by atoms with Gasteiger partial charge in [-0.3, -0.25) is 4.99 Å². The zero-order chi connectivity index (χ0) is 17.8. The smallest absolute Gasteiger partial charge is 0.421 e. The maximum Gasteiger partial charge on any atom is 0.421 e. The van der Waals surface area contributed by atoms with E-state index in [1.165, 1.54) is 12.3 Å². The summed E-state index contributed by atoms with van der Waals surface area (Å²) in [6.45, 7) is 4.13. The highest BCUT2D eigenvalue weighted by Gasteiger charge is 2.34. The van der Waals surface area contributed by atoms with Crippen molar-refractivity contribution in [3.63, 3.8) is 0 Å². The average molecular weight is 476 g/mol. The minimum absolute atomic E-state index is 0. The molecular formula is C15H24F3IN4O2. The second-order valence-electron chi connectivity index (χ2n) is 4.74. The van der Waals surface area contributed by atoms with Crippen LogP contribution in [0.3, 0.4) is 0 Å². The number of guanidine groups is 1. The molecule has 0 aliphatic heterocycles. The van der Waals surface area contributed by atoms with Crippen molar-refractivity contribution in [3.05, 3.63) is 23.9 Å². The Morgan fingerprint density at radius 1 is 1.28 bits per heavy atom. The molecule has 0 bridgehead atoms. The summed E-state index contributed by atoms with van der Waals surface area (Å²) in [6.07, 6.45) is -2.44. The quantitative estimate of drug-likeness (QED) is 0.249. The van der Waals surface area contributed by atoms with Gasteiger partial charge >= 0.3 is 6.18 Å². The first kappa shape index (κ1) is 23.7. The van der Waals surface area contributed by atoms with E-state index in [0.717, 1.165) is 12.5 Å². The lowest BCUT2D eigenvalue weighted by atomic mass is 10.2. The summed E-state index contributed by atoms with van der Waals surface area (Å²) in [4.78, 5) is 7.95. The zero-order valence-corrected chi connectivity index (χ0v) is 16.6. The summed E-state index contributed by atoms with van der Waals surface area (Å²) in [6, 6.07) is 2.17. The molecule has 144 valence electrons. The van der Waals surface area contributed by atoms with E-state index in [2.05, 4.69) is 20.6 Å². The fourth-order valence-corrected chi connectivity index (χ4v) is 1.78. The van der Waals surface area contributed by atoms with Crippen molar-refractivity contribution in [3.8, 4) is 5.88 Å². The zero-order valence-electron chi connectivity index (χ0n) is 14.2. The van der Waals surface area contributed by atoms with Crippen molar-refractivity contribution < 1.29 is 22.6 Å². The van der Waals surface area contributed by atoms with Crippen LogP contribution in [0.25, 0.3) is 0 Å². The molecule has 0 saturated carbocycles. The second-order valence-corrected chi connectivity index (χ2v) is 4.74. The van der Waals surface area contributed by atoms with Crippen LogP contribution in [0.5, 0.6) is 5.88 Å². The van der Waals surface area contributed by atoms with E-state index >= 15 is 0 Å². The Bertz CT molecular complexity index is 516. The first-order valence-corrected chi connectivity index (χ1v) is 7.65. The number of alkyl halides is 3. The molecule has 0 aromatic carbocycles. The van der Waals surface area contributed by atoms with Gasteiger partial charge in [-0.25, -0.2) is 4.98 Å². The minimum Gasteiger partial charge on any atom is -0.475 e. The van der Waals surface area contributed by atoms with Crippen LogP contribution in [0.4, 0.5) is 13.2 Å². The lowest BCUT2D eigenvalue weighted by molar-refractivity contribution is -0.139. The summed E-state index contributed by atoms with van der Waals surface area (Å²) < 4.78 is 48.5. The van der Waals surface area contributed by atoms with Crippen LogP contribution in [-0.4, -0.2) is 50.9 Å². The summed E-state index contributed by atoms with van der Waals surface area (Å²) in [7, 11) is 1.62. The van der Waals surface area contributed by atoms with Gasteiger partial charge in [-0.2, -0.15) is 13.2 Å². The fourth-order valence-electron chi connectivity index (χ4n) is 1.78. The third kappa shape index (κ3) is 9.68. The summed E-state index contributed by atoms with van der Waals surface area (Å²) in [5.41, 5.74) is -0.884. The van der Waals surface area contributed by atoms with E-state index in [1.807, 2.05) is 6.92 Å². The van der Waals surface area contributed by atoms with Gasteiger partial charge in [0.1, 0.15) is 12.2 Å². The number of aliphatic imine (C=N–C) groups is 1.